The molecule has 1 amide bonds. The number of carbonyl (C=O) groups excluding carboxylic acids is 1. The van der Waals surface area contributed by atoms with Crippen LogP contribution >= 0.6 is 11.6 Å². The molecule has 0 radical (unpaired) electrons. The van der Waals surface area contributed by atoms with Crippen molar-refractivity contribution in [1.82, 2.24) is 5.32 Å². The first kappa shape index (κ1) is 18.0. The predicted molar refractivity (Wildman–Crippen MR) is 94.5 cm³/mol. The number of nitrogens with one attached hydrogen (secondary N) is 1. The minimum atomic E-state index is -1.00. The van der Waals surface area contributed by atoms with Crippen molar-refractivity contribution in [2.24, 2.45) is 0 Å². The first-order chi connectivity index (χ1) is 11.3. The van der Waals surface area contributed by atoms with E-state index in [1.54, 1.807) is 12.1 Å². The number of aromatic carboxylic acids is 1. The molecule has 0 aliphatic rings. The van der Waals surface area contributed by atoms with Gasteiger partial charge in [0.1, 0.15) is 0 Å². The zero-order valence-corrected chi connectivity index (χ0v) is 14.4. The van der Waals surface area contributed by atoms with Gasteiger partial charge in [-0.25, -0.2) is 4.79 Å². The number of halogens is 1. The maximum Gasteiger partial charge on any atom is 0.335 e. The number of amides is 1. The summed E-state index contributed by atoms with van der Waals surface area (Å²) in [5.74, 6) is -1.16. The number of hydrogen-bond donors (Lipinski definition) is 2. The van der Waals surface area contributed by atoms with Gasteiger partial charge in [0.15, 0.2) is 0 Å². The molecule has 126 valence electrons. The lowest BCUT2D eigenvalue weighted by Crippen LogP contribution is -2.45. The fourth-order valence-electron chi connectivity index (χ4n) is 2.58. The topological polar surface area (TPSA) is 66.4 Å². The van der Waals surface area contributed by atoms with Crippen molar-refractivity contribution < 1.29 is 14.7 Å². The minimum Gasteiger partial charge on any atom is -0.478 e. The molecule has 0 spiro atoms. The number of carbonyl (C=O) groups is 2. The second-order valence-corrected chi connectivity index (χ2v) is 6.79. The van der Waals surface area contributed by atoms with E-state index in [1.165, 1.54) is 12.1 Å². The summed E-state index contributed by atoms with van der Waals surface area (Å²) in [5, 5.41) is 12.7. The van der Waals surface area contributed by atoms with E-state index in [0.29, 0.717) is 17.0 Å². The molecule has 2 rings (SSSR count). The van der Waals surface area contributed by atoms with Crippen LogP contribution in [0.5, 0.6) is 0 Å². The molecule has 0 unspecified atom stereocenters. The van der Waals surface area contributed by atoms with Crippen molar-refractivity contribution in [3.05, 3.63) is 70.2 Å². The zero-order chi connectivity index (χ0) is 17.7. The molecule has 0 saturated heterocycles. The fraction of sp³-hybridized carbons (Fsp3) is 0.263. The van der Waals surface area contributed by atoms with Crippen molar-refractivity contribution >= 4 is 23.5 Å². The van der Waals surface area contributed by atoms with Crippen LogP contribution in [0, 0.1) is 0 Å². The first-order valence-corrected chi connectivity index (χ1v) is 8.01. The highest BCUT2D eigenvalue weighted by Gasteiger charge is 2.22. The minimum absolute atomic E-state index is 0.132. The van der Waals surface area contributed by atoms with E-state index in [9.17, 15) is 9.59 Å². The maximum atomic E-state index is 12.3. The third-order valence-corrected chi connectivity index (χ3v) is 3.98. The molecule has 0 heterocycles. The number of carboxylic acid groups (broad SMARTS) is 1. The molecule has 2 N–H and O–H groups in total. The predicted octanol–water partition coefficient (Wildman–Crippen LogP) is 3.72. The van der Waals surface area contributed by atoms with Gasteiger partial charge in [0.2, 0.25) is 5.91 Å². The maximum absolute atomic E-state index is 12.3. The van der Waals surface area contributed by atoms with Gasteiger partial charge in [0.25, 0.3) is 0 Å². The second kappa shape index (κ2) is 7.49. The van der Waals surface area contributed by atoms with Gasteiger partial charge in [-0.05, 0) is 49.6 Å². The van der Waals surface area contributed by atoms with Gasteiger partial charge in [-0.15, -0.1) is 0 Å². The van der Waals surface area contributed by atoms with Crippen LogP contribution in [0.2, 0.25) is 5.02 Å². The van der Waals surface area contributed by atoms with Crippen molar-refractivity contribution in [2.75, 3.05) is 0 Å². The van der Waals surface area contributed by atoms with Crippen LogP contribution in [-0.2, 0) is 17.6 Å². The Morgan fingerprint density at radius 3 is 2.50 bits per heavy atom. The van der Waals surface area contributed by atoms with E-state index in [2.05, 4.69) is 5.32 Å². The average molecular weight is 346 g/mol. The molecule has 0 aromatic heterocycles. The van der Waals surface area contributed by atoms with E-state index in [0.717, 1.165) is 5.56 Å². The Kier molecular flexibility index (Phi) is 5.62. The normalized spacial score (nSPS) is 11.1. The number of carboxylic acids is 1. The largest absolute Gasteiger partial charge is 0.478 e. The lowest BCUT2D eigenvalue weighted by atomic mass is 9.94. The highest BCUT2D eigenvalue weighted by atomic mass is 35.5. The summed E-state index contributed by atoms with van der Waals surface area (Å²) in [7, 11) is 0. The van der Waals surface area contributed by atoms with Gasteiger partial charge in [-0.3, -0.25) is 4.79 Å². The molecule has 4 nitrogen and oxygen atoms in total. The Hall–Kier alpha value is -2.33. The molecule has 0 atom stereocenters. The summed E-state index contributed by atoms with van der Waals surface area (Å²) in [6, 6.07) is 13.9. The van der Waals surface area contributed by atoms with Gasteiger partial charge in [-0.1, -0.05) is 41.9 Å². The Morgan fingerprint density at radius 2 is 1.83 bits per heavy atom. The van der Waals surface area contributed by atoms with Gasteiger partial charge in [0, 0.05) is 10.6 Å². The number of rotatable bonds is 6. The zero-order valence-electron chi connectivity index (χ0n) is 13.7. The quantitative estimate of drug-likeness (QED) is 0.838. The number of hydrogen-bond acceptors (Lipinski definition) is 2. The molecular weight excluding hydrogens is 326 g/mol. The van der Waals surface area contributed by atoms with Crippen molar-refractivity contribution in [3.8, 4) is 0 Å². The Morgan fingerprint density at radius 1 is 1.12 bits per heavy atom. The molecular formula is C19H20ClNO3. The third kappa shape index (κ3) is 5.10. The van der Waals surface area contributed by atoms with E-state index in [1.807, 2.05) is 38.1 Å². The lowest BCUT2D eigenvalue weighted by molar-refractivity contribution is -0.122. The Bertz CT molecular complexity index is 756. The highest BCUT2D eigenvalue weighted by molar-refractivity contribution is 6.31. The standard InChI is InChI=1S/C19H20ClNO3/c1-19(2,12-15-7-3-4-9-16(15)20)21-17(22)11-13-6-5-8-14(10-13)18(23)24/h3-10H,11-12H2,1-2H3,(H,21,22)(H,23,24). The lowest BCUT2D eigenvalue weighted by Gasteiger charge is -2.27. The van der Waals surface area contributed by atoms with Gasteiger partial charge in [0.05, 0.1) is 12.0 Å². The summed E-state index contributed by atoms with van der Waals surface area (Å²) < 4.78 is 0. The molecule has 0 fully saturated rings. The van der Waals surface area contributed by atoms with E-state index in [-0.39, 0.29) is 17.9 Å². The summed E-state index contributed by atoms with van der Waals surface area (Å²) in [6.45, 7) is 3.86. The van der Waals surface area contributed by atoms with Crippen LogP contribution in [0.1, 0.15) is 35.3 Å². The summed E-state index contributed by atoms with van der Waals surface area (Å²) in [5.41, 5.74) is 1.35. The summed E-state index contributed by atoms with van der Waals surface area (Å²) in [6.07, 6.45) is 0.737. The van der Waals surface area contributed by atoms with Crippen LogP contribution < -0.4 is 5.32 Å². The van der Waals surface area contributed by atoms with Crippen LogP contribution in [0.15, 0.2) is 48.5 Å². The van der Waals surface area contributed by atoms with E-state index < -0.39 is 11.5 Å². The third-order valence-electron chi connectivity index (χ3n) is 3.61. The van der Waals surface area contributed by atoms with E-state index in [4.69, 9.17) is 16.7 Å². The van der Waals surface area contributed by atoms with Crippen LogP contribution in [0.25, 0.3) is 0 Å². The summed E-state index contributed by atoms with van der Waals surface area (Å²) >= 11 is 6.18. The monoisotopic (exact) mass is 345 g/mol. The van der Waals surface area contributed by atoms with Crippen molar-refractivity contribution in [1.29, 1.82) is 0 Å². The van der Waals surface area contributed by atoms with E-state index >= 15 is 0 Å². The Balaban J connectivity index is 2.01. The molecule has 0 saturated carbocycles. The SMILES string of the molecule is CC(C)(Cc1ccccc1Cl)NC(=O)Cc1cccc(C(=O)O)c1. The molecule has 24 heavy (non-hydrogen) atoms. The Labute approximate surface area is 146 Å². The van der Waals surface area contributed by atoms with Crippen LogP contribution in [0.4, 0.5) is 0 Å². The van der Waals surface area contributed by atoms with Gasteiger partial charge >= 0.3 is 5.97 Å². The van der Waals surface area contributed by atoms with Crippen molar-refractivity contribution in [2.45, 2.75) is 32.2 Å². The van der Waals surface area contributed by atoms with Gasteiger partial charge in [-0.2, -0.15) is 0 Å². The van der Waals surface area contributed by atoms with Crippen LogP contribution in [-0.4, -0.2) is 22.5 Å². The molecule has 5 heteroatoms. The molecule has 0 aliphatic heterocycles. The van der Waals surface area contributed by atoms with Gasteiger partial charge < -0.3 is 10.4 Å². The molecule has 0 aliphatic carbocycles. The molecule has 0 bridgehead atoms. The second-order valence-electron chi connectivity index (χ2n) is 6.38. The van der Waals surface area contributed by atoms with Crippen molar-refractivity contribution in [3.63, 3.8) is 0 Å². The average Bonchev–Trinajstić information content (AvgIpc) is 2.49. The smallest absolute Gasteiger partial charge is 0.335 e. The fourth-order valence-corrected chi connectivity index (χ4v) is 2.79. The molecule has 2 aromatic carbocycles. The summed E-state index contributed by atoms with van der Waals surface area (Å²) in [4.78, 5) is 23.3. The number of benzene rings is 2. The first-order valence-electron chi connectivity index (χ1n) is 7.63. The highest BCUT2D eigenvalue weighted by Crippen LogP contribution is 2.21. The van der Waals surface area contributed by atoms with Crippen LogP contribution in [0.3, 0.4) is 0 Å². The molecule has 2 aromatic rings.